The predicted octanol–water partition coefficient (Wildman–Crippen LogP) is 1.42. The van der Waals surface area contributed by atoms with Crippen LogP contribution < -0.4 is 15.8 Å². The number of methoxy groups -OCH3 is 1. The Morgan fingerprint density at radius 3 is 2.95 bits per heavy atom. The van der Waals surface area contributed by atoms with Crippen LogP contribution in [0.15, 0.2) is 18.2 Å². The van der Waals surface area contributed by atoms with Gasteiger partial charge in [-0.05, 0) is 19.9 Å². The van der Waals surface area contributed by atoms with Crippen LogP contribution in [0.5, 0.6) is 5.75 Å². The lowest BCUT2D eigenvalue weighted by Gasteiger charge is -2.21. The van der Waals surface area contributed by atoms with Crippen molar-refractivity contribution in [3.63, 3.8) is 0 Å². The molecule has 2 rings (SSSR count). The topological polar surface area (TPSA) is 67.6 Å². The molecule has 19 heavy (non-hydrogen) atoms. The van der Waals surface area contributed by atoms with Gasteiger partial charge in [-0.1, -0.05) is 17.7 Å². The number of amides is 2. The first-order valence-electron chi connectivity index (χ1n) is 6.48. The van der Waals surface area contributed by atoms with Gasteiger partial charge in [0, 0.05) is 24.7 Å². The molecular weight excluding hydrogens is 242 g/mol. The van der Waals surface area contributed by atoms with Crippen molar-refractivity contribution in [1.82, 2.24) is 10.2 Å². The molecule has 0 saturated carbocycles. The average molecular weight is 263 g/mol. The van der Waals surface area contributed by atoms with E-state index in [1.54, 1.807) is 12.0 Å². The molecule has 2 atom stereocenters. The van der Waals surface area contributed by atoms with Gasteiger partial charge in [0.1, 0.15) is 5.75 Å². The van der Waals surface area contributed by atoms with Gasteiger partial charge in [0.2, 0.25) is 0 Å². The monoisotopic (exact) mass is 263 g/mol. The summed E-state index contributed by atoms with van der Waals surface area (Å²) in [5, 5.41) is 2.99. The smallest absolute Gasteiger partial charge is 0.318 e. The number of nitrogens with zero attached hydrogens (tertiary/aromatic N) is 1. The third kappa shape index (κ3) is 2.66. The summed E-state index contributed by atoms with van der Waals surface area (Å²) in [7, 11) is 1.64. The van der Waals surface area contributed by atoms with Crippen molar-refractivity contribution >= 4 is 6.03 Å². The molecule has 1 heterocycles. The van der Waals surface area contributed by atoms with Crippen LogP contribution in [0.1, 0.15) is 24.1 Å². The van der Waals surface area contributed by atoms with E-state index in [9.17, 15) is 4.79 Å². The van der Waals surface area contributed by atoms with E-state index < -0.39 is 0 Å². The number of aryl methyl sites for hydroxylation is 1. The largest absolute Gasteiger partial charge is 0.496 e. The average Bonchev–Trinajstić information content (AvgIpc) is 2.79. The second-order valence-corrected chi connectivity index (χ2v) is 4.98. The molecule has 0 spiro atoms. The molecule has 0 aromatic heterocycles. The lowest BCUT2D eigenvalue weighted by molar-refractivity contribution is 0.203. The summed E-state index contributed by atoms with van der Waals surface area (Å²) in [4.78, 5) is 13.7. The molecule has 1 aromatic rings. The molecular formula is C14H21N3O2. The van der Waals surface area contributed by atoms with Gasteiger partial charge < -0.3 is 20.7 Å². The summed E-state index contributed by atoms with van der Waals surface area (Å²) >= 11 is 0. The van der Waals surface area contributed by atoms with Crippen LogP contribution in [-0.2, 0) is 0 Å². The number of carbonyl (C=O) groups excluding carboxylic acids is 1. The lowest BCUT2D eigenvalue weighted by atomic mass is 10.0. The van der Waals surface area contributed by atoms with E-state index in [-0.39, 0.29) is 18.1 Å². The number of nitrogens with two attached hydrogens (primary N) is 1. The first kappa shape index (κ1) is 13.7. The van der Waals surface area contributed by atoms with Gasteiger partial charge in [-0.3, -0.25) is 0 Å². The molecule has 0 radical (unpaired) electrons. The Morgan fingerprint density at radius 1 is 1.58 bits per heavy atom. The standard InChI is InChI=1S/C14H21N3O2/c1-9-4-5-13(19-3)11(6-9)12-8-17(10(2)7-15)14(18)16-12/h4-6,10,12H,7-8,15H2,1-3H3,(H,16,18). The number of hydrogen-bond donors (Lipinski definition) is 2. The predicted molar refractivity (Wildman–Crippen MR) is 74.2 cm³/mol. The molecule has 0 bridgehead atoms. The first-order chi connectivity index (χ1) is 9.06. The van der Waals surface area contributed by atoms with E-state index in [4.69, 9.17) is 10.5 Å². The molecule has 1 aliphatic rings. The number of benzene rings is 1. The van der Waals surface area contributed by atoms with Crippen molar-refractivity contribution in [3.8, 4) is 5.75 Å². The van der Waals surface area contributed by atoms with Crippen molar-refractivity contribution in [3.05, 3.63) is 29.3 Å². The molecule has 0 aliphatic carbocycles. The fraction of sp³-hybridized carbons (Fsp3) is 0.500. The Kier molecular flexibility index (Phi) is 3.95. The van der Waals surface area contributed by atoms with E-state index in [1.165, 1.54) is 0 Å². The van der Waals surface area contributed by atoms with Crippen molar-refractivity contribution in [2.45, 2.75) is 25.9 Å². The zero-order valence-electron chi connectivity index (χ0n) is 11.6. The molecule has 5 nitrogen and oxygen atoms in total. The number of ether oxygens (including phenoxy) is 1. The van der Waals surface area contributed by atoms with Crippen molar-refractivity contribution in [1.29, 1.82) is 0 Å². The van der Waals surface area contributed by atoms with Gasteiger partial charge in [-0.15, -0.1) is 0 Å². The number of nitrogens with one attached hydrogen (secondary N) is 1. The quantitative estimate of drug-likeness (QED) is 0.863. The Bertz CT molecular complexity index is 476. The maximum absolute atomic E-state index is 12.0. The molecule has 2 amide bonds. The van der Waals surface area contributed by atoms with E-state index in [1.807, 2.05) is 26.0 Å². The maximum atomic E-state index is 12.0. The van der Waals surface area contributed by atoms with Gasteiger partial charge in [-0.25, -0.2) is 4.79 Å². The Labute approximate surface area is 113 Å². The highest BCUT2D eigenvalue weighted by Gasteiger charge is 2.33. The summed E-state index contributed by atoms with van der Waals surface area (Å²) in [6.07, 6.45) is 0. The number of urea groups is 1. The maximum Gasteiger partial charge on any atom is 0.318 e. The van der Waals surface area contributed by atoms with Gasteiger partial charge in [-0.2, -0.15) is 0 Å². The first-order valence-corrected chi connectivity index (χ1v) is 6.48. The van der Waals surface area contributed by atoms with Crippen molar-refractivity contribution in [2.24, 2.45) is 5.73 Å². The lowest BCUT2D eigenvalue weighted by Crippen LogP contribution is -2.40. The summed E-state index contributed by atoms with van der Waals surface area (Å²) in [6, 6.07) is 5.93. The van der Waals surface area contributed by atoms with Crippen LogP contribution in [0.25, 0.3) is 0 Å². The molecule has 3 N–H and O–H groups in total. The minimum absolute atomic E-state index is 0.0424. The fourth-order valence-electron chi connectivity index (χ4n) is 2.37. The van der Waals surface area contributed by atoms with Crippen molar-refractivity contribution < 1.29 is 9.53 Å². The molecule has 1 aromatic carbocycles. The molecule has 1 aliphatic heterocycles. The number of carbonyl (C=O) groups is 1. The van der Waals surface area contributed by atoms with Crippen LogP contribution in [-0.4, -0.2) is 37.2 Å². The van der Waals surface area contributed by atoms with E-state index in [0.29, 0.717) is 13.1 Å². The minimum atomic E-state index is -0.0634. The molecule has 1 fully saturated rings. The second-order valence-electron chi connectivity index (χ2n) is 4.98. The minimum Gasteiger partial charge on any atom is -0.496 e. The Balaban J connectivity index is 2.25. The van der Waals surface area contributed by atoms with Crippen LogP contribution in [0.4, 0.5) is 4.79 Å². The third-order valence-corrected chi connectivity index (χ3v) is 3.57. The number of rotatable bonds is 4. The fourth-order valence-corrected chi connectivity index (χ4v) is 2.37. The van der Waals surface area contributed by atoms with Gasteiger partial charge >= 0.3 is 6.03 Å². The third-order valence-electron chi connectivity index (χ3n) is 3.57. The van der Waals surface area contributed by atoms with Crippen LogP contribution in [0, 0.1) is 6.92 Å². The van der Waals surface area contributed by atoms with Crippen molar-refractivity contribution in [2.75, 3.05) is 20.2 Å². The zero-order valence-corrected chi connectivity index (χ0v) is 11.6. The Hall–Kier alpha value is -1.75. The zero-order chi connectivity index (χ0) is 14.0. The molecule has 1 saturated heterocycles. The molecule has 104 valence electrons. The van der Waals surface area contributed by atoms with Crippen LogP contribution in [0.3, 0.4) is 0 Å². The highest BCUT2D eigenvalue weighted by atomic mass is 16.5. The highest BCUT2D eigenvalue weighted by Crippen LogP contribution is 2.30. The summed E-state index contributed by atoms with van der Waals surface area (Å²) in [6.45, 7) is 5.07. The Morgan fingerprint density at radius 2 is 2.32 bits per heavy atom. The van der Waals surface area contributed by atoms with Gasteiger partial charge in [0.15, 0.2) is 0 Å². The van der Waals surface area contributed by atoms with Gasteiger partial charge in [0.25, 0.3) is 0 Å². The summed E-state index contributed by atoms with van der Waals surface area (Å²) in [5.74, 6) is 0.804. The number of hydrogen-bond acceptors (Lipinski definition) is 3. The summed E-state index contributed by atoms with van der Waals surface area (Å²) < 4.78 is 5.38. The SMILES string of the molecule is COc1ccc(C)cc1C1CN(C(C)CN)C(=O)N1. The molecule has 5 heteroatoms. The van der Waals surface area contributed by atoms with Crippen LogP contribution >= 0.6 is 0 Å². The normalized spacial score (nSPS) is 20.3. The van der Waals surface area contributed by atoms with E-state index in [2.05, 4.69) is 11.4 Å². The highest BCUT2D eigenvalue weighted by molar-refractivity contribution is 5.78. The van der Waals surface area contributed by atoms with Crippen LogP contribution in [0.2, 0.25) is 0 Å². The second kappa shape index (κ2) is 5.48. The van der Waals surface area contributed by atoms with E-state index in [0.717, 1.165) is 16.9 Å². The molecule has 2 unspecified atom stereocenters. The van der Waals surface area contributed by atoms with Gasteiger partial charge in [0.05, 0.1) is 13.2 Å². The van der Waals surface area contributed by atoms with E-state index >= 15 is 0 Å². The summed E-state index contributed by atoms with van der Waals surface area (Å²) in [5.41, 5.74) is 7.80.